The second-order valence-corrected chi connectivity index (χ2v) is 5.75. The Morgan fingerprint density at radius 3 is 2.87 bits per heavy atom. The lowest BCUT2D eigenvalue weighted by Gasteiger charge is -2.29. The average Bonchev–Trinajstić information content (AvgIpc) is 2.18. The molecule has 1 rings (SSSR count). The predicted molar refractivity (Wildman–Crippen MR) is 58.8 cm³/mol. The minimum absolute atomic E-state index is 0.337. The van der Waals surface area contributed by atoms with Gasteiger partial charge in [-0.05, 0) is 18.8 Å². The van der Waals surface area contributed by atoms with E-state index >= 15 is 0 Å². The molecule has 0 aromatic heterocycles. The van der Waals surface area contributed by atoms with E-state index in [2.05, 4.69) is 11.6 Å². The van der Waals surface area contributed by atoms with Crippen LogP contribution in [0.1, 0.15) is 19.8 Å². The normalized spacial score (nSPS) is 24.3. The number of nitrogens with zero attached hydrogens (tertiary/aromatic N) is 1. The molecule has 0 bridgehead atoms. The second kappa shape index (κ2) is 5.79. The van der Waals surface area contributed by atoms with E-state index in [-0.39, 0.29) is 0 Å². The molecule has 0 spiro atoms. The molecule has 0 amide bonds. The van der Waals surface area contributed by atoms with Gasteiger partial charge in [0.15, 0.2) is 0 Å². The monoisotopic (exact) mass is 236 g/mol. The molecule has 0 saturated carbocycles. The van der Waals surface area contributed by atoms with Crippen molar-refractivity contribution in [3.8, 4) is 0 Å². The zero-order valence-electron chi connectivity index (χ0n) is 9.40. The van der Waals surface area contributed by atoms with Crippen LogP contribution in [-0.2, 0) is 14.9 Å². The molecule has 1 fully saturated rings. The van der Waals surface area contributed by atoms with Crippen LogP contribution in [0.3, 0.4) is 0 Å². The van der Waals surface area contributed by atoms with Crippen molar-refractivity contribution < 1.29 is 13.2 Å². The van der Waals surface area contributed by atoms with Gasteiger partial charge in [0.1, 0.15) is 0 Å². The molecular formula is C9H20N2O3S. The fraction of sp³-hybridized carbons (Fsp3) is 1.00. The minimum atomic E-state index is -3.29. The van der Waals surface area contributed by atoms with Crippen molar-refractivity contribution in [3.05, 3.63) is 0 Å². The van der Waals surface area contributed by atoms with Crippen molar-refractivity contribution in [3.63, 3.8) is 0 Å². The van der Waals surface area contributed by atoms with Crippen LogP contribution in [0.2, 0.25) is 0 Å². The van der Waals surface area contributed by atoms with Gasteiger partial charge >= 0.3 is 0 Å². The molecule has 5 nitrogen and oxygen atoms in total. The van der Waals surface area contributed by atoms with Crippen molar-refractivity contribution in [2.24, 2.45) is 5.92 Å². The Bertz CT molecular complexity index is 279. The third-order valence-electron chi connectivity index (χ3n) is 2.55. The molecule has 0 aromatic rings. The number of methoxy groups -OCH3 is 1. The van der Waals surface area contributed by atoms with Gasteiger partial charge in [-0.2, -0.15) is 17.4 Å². The van der Waals surface area contributed by atoms with Crippen LogP contribution in [0.15, 0.2) is 0 Å². The molecule has 0 aromatic carbocycles. The van der Waals surface area contributed by atoms with E-state index in [0.717, 1.165) is 12.8 Å². The molecule has 0 aliphatic carbocycles. The van der Waals surface area contributed by atoms with Crippen LogP contribution in [0.4, 0.5) is 0 Å². The summed E-state index contributed by atoms with van der Waals surface area (Å²) in [6.07, 6.45) is 2.07. The first-order valence-corrected chi connectivity index (χ1v) is 6.74. The van der Waals surface area contributed by atoms with Crippen molar-refractivity contribution in [1.82, 2.24) is 9.03 Å². The summed E-state index contributed by atoms with van der Waals surface area (Å²) in [6, 6.07) is 0. The second-order valence-electron chi connectivity index (χ2n) is 4.00. The molecular weight excluding hydrogens is 216 g/mol. The first-order valence-electron chi connectivity index (χ1n) is 5.30. The fourth-order valence-corrected chi connectivity index (χ4v) is 3.07. The quantitative estimate of drug-likeness (QED) is 0.694. The Kier molecular flexibility index (Phi) is 4.98. The summed E-state index contributed by atoms with van der Waals surface area (Å²) < 4.78 is 32.4. The molecule has 15 heavy (non-hydrogen) atoms. The largest absolute Gasteiger partial charge is 0.383 e. The highest BCUT2D eigenvalue weighted by molar-refractivity contribution is 7.87. The molecule has 1 N–H and O–H groups in total. The predicted octanol–water partition coefficient (Wildman–Crippen LogP) is 0.199. The standard InChI is InChI=1S/C9H20N2O3S/c1-9-4-3-6-11(8-9)15(12,13)10-5-7-14-2/h9-10H,3-8H2,1-2H3/t9-/m0/s1. The van der Waals surface area contributed by atoms with E-state index in [4.69, 9.17) is 4.74 Å². The van der Waals surface area contributed by atoms with Crippen molar-refractivity contribution in [2.45, 2.75) is 19.8 Å². The van der Waals surface area contributed by atoms with E-state index in [0.29, 0.717) is 32.2 Å². The summed E-state index contributed by atoms with van der Waals surface area (Å²) in [5.41, 5.74) is 0. The first-order chi connectivity index (χ1) is 7.06. The smallest absolute Gasteiger partial charge is 0.279 e. The maximum Gasteiger partial charge on any atom is 0.279 e. The maximum absolute atomic E-state index is 11.8. The third-order valence-corrected chi connectivity index (χ3v) is 4.13. The van der Waals surface area contributed by atoms with Gasteiger partial charge in [-0.15, -0.1) is 0 Å². The molecule has 1 atom stereocenters. The van der Waals surface area contributed by atoms with Gasteiger partial charge < -0.3 is 4.74 Å². The van der Waals surface area contributed by atoms with Crippen molar-refractivity contribution in [2.75, 3.05) is 33.4 Å². The molecule has 0 radical (unpaired) electrons. The number of hydrogen-bond acceptors (Lipinski definition) is 3. The lowest BCUT2D eigenvalue weighted by atomic mass is 10.0. The number of hydrogen-bond donors (Lipinski definition) is 1. The van der Waals surface area contributed by atoms with Crippen molar-refractivity contribution >= 4 is 10.2 Å². The Morgan fingerprint density at radius 2 is 2.27 bits per heavy atom. The van der Waals surface area contributed by atoms with Gasteiger partial charge in [-0.3, -0.25) is 0 Å². The number of nitrogens with one attached hydrogen (secondary N) is 1. The Balaban J connectivity index is 2.45. The lowest BCUT2D eigenvalue weighted by Crippen LogP contribution is -2.46. The fourth-order valence-electron chi connectivity index (χ4n) is 1.73. The molecule has 1 saturated heterocycles. The van der Waals surface area contributed by atoms with Crippen LogP contribution in [-0.4, -0.2) is 46.1 Å². The Labute approximate surface area is 92.0 Å². The highest BCUT2D eigenvalue weighted by Gasteiger charge is 2.26. The van der Waals surface area contributed by atoms with Crippen LogP contribution in [0.5, 0.6) is 0 Å². The van der Waals surface area contributed by atoms with Gasteiger partial charge in [0.25, 0.3) is 10.2 Å². The van der Waals surface area contributed by atoms with E-state index in [1.165, 1.54) is 4.31 Å². The van der Waals surface area contributed by atoms with E-state index in [1.54, 1.807) is 7.11 Å². The number of piperidine rings is 1. The third kappa shape index (κ3) is 4.06. The number of ether oxygens (including phenoxy) is 1. The lowest BCUT2D eigenvalue weighted by molar-refractivity contribution is 0.203. The van der Waals surface area contributed by atoms with Crippen LogP contribution < -0.4 is 4.72 Å². The van der Waals surface area contributed by atoms with Gasteiger partial charge in [0.05, 0.1) is 6.61 Å². The Morgan fingerprint density at radius 1 is 1.53 bits per heavy atom. The first kappa shape index (κ1) is 12.9. The maximum atomic E-state index is 11.8. The summed E-state index contributed by atoms with van der Waals surface area (Å²) in [5.74, 6) is 0.456. The number of rotatable bonds is 5. The highest BCUT2D eigenvalue weighted by atomic mass is 32.2. The van der Waals surface area contributed by atoms with Crippen LogP contribution >= 0.6 is 0 Å². The molecule has 1 heterocycles. The van der Waals surface area contributed by atoms with Crippen LogP contribution in [0.25, 0.3) is 0 Å². The van der Waals surface area contributed by atoms with Gasteiger partial charge in [0.2, 0.25) is 0 Å². The summed E-state index contributed by atoms with van der Waals surface area (Å²) >= 11 is 0. The zero-order chi connectivity index (χ0) is 11.3. The van der Waals surface area contributed by atoms with E-state index < -0.39 is 10.2 Å². The van der Waals surface area contributed by atoms with E-state index in [9.17, 15) is 8.42 Å². The summed E-state index contributed by atoms with van der Waals surface area (Å²) in [6.45, 7) is 4.08. The average molecular weight is 236 g/mol. The molecule has 1 aliphatic heterocycles. The summed E-state index contributed by atoms with van der Waals surface area (Å²) in [7, 11) is -1.73. The summed E-state index contributed by atoms with van der Waals surface area (Å²) in [4.78, 5) is 0. The molecule has 90 valence electrons. The van der Waals surface area contributed by atoms with Gasteiger partial charge in [-0.25, -0.2) is 0 Å². The topological polar surface area (TPSA) is 58.6 Å². The van der Waals surface area contributed by atoms with Crippen molar-refractivity contribution in [1.29, 1.82) is 0 Å². The minimum Gasteiger partial charge on any atom is -0.383 e. The zero-order valence-corrected chi connectivity index (χ0v) is 10.2. The van der Waals surface area contributed by atoms with E-state index in [1.807, 2.05) is 0 Å². The van der Waals surface area contributed by atoms with Gasteiger partial charge in [0, 0.05) is 26.7 Å². The molecule has 0 unspecified atom stereocenters. The summed E-state index contributed by atoms with van der Waals surface area (Å²) in [5, 5.41) is 0. The highest BCUT2D eigenvalue weighted by Crippen LogP contribution is 2.17. The molecule has 1 aliphatic rings. The van der Waals surface area contributed by atoms with Gasteiger partial charge in [-0.1, -0.05) is 6.92 Å². The van der Waals surface area contributed by atoms with Crippen LogP contribution in [0, 0.1) is 5.92 Å². The Hall–Kier alpha value is -0.170. The SMILES string of the molecule is COCCNS(=O)(=O)N1CCC[C@H](C)C1. The molecule has 6 heteroatoms.